The molecule has 0 saturated heterocycles. The lowest BCUT2D eigenvalue weighted by atomic mass is 9.87. The number of hydrogen-bond acceptors (Lipinski definition) is 3. The molecule has 0 aliphatic heterocycles. The second kappa shape index (κ2) is 10.8. The molecule has 1 amide bonds. The number of amides is 1. The fraction of sp³-hybridized carbons (Fsp3) is 0.300. The van der Waals surface area contributed by atoms with Crippen molar-refractivity contribution in [1.82, 2.24) is 9.88 Å². The molecule has 1 aromatic heterocycles. The Labute approximate surface area is 211 Å². The molecule has 0 bridgehead atoms. The van der Waals surface area contributed by atoms with E-state index in [1.165, 1.54) is 6.42 Å². The highest BCUT2D eigenvalue weighted by Crippen LogP contribution is 2.37. The van der Waals surface area contributed by atoms with Gasteiger partial charge in [-0.25, -0.2) is 0 Å². The summed E-state index contributed by atoms with van der Waals surface area (Å²) in [6.45, 7) is 0.644. The van der Waals surface area contributed by atoms with Crippen LogP contribution in [0.2, 0.25) is 0 Å². The van der Waals surface area contributed by atoms with Crippen molar-refractivity contribution in [1.29, 1.82) is 0 Å². The van der Waals surface area contributed by atoms with Gasteiger partial charge in [0.2, 0.25) is 5.91 Å². The summed E-state index contributed by atoms with van der Waals surface area (Å²) in [6, 6.07) is 25.4. The molecule has 0 spiro atoms. The van der Waals surface area contributed by atoms with Gasteiger partial charge in [0, 0.05) is 54.2 Å². The molecule has 5 rings (SSSR count). The Morgan fingerprint density at radius 1 is 0.972 bits per heavy atom. The summed E-state index contributed by atoms with van der Waals surface area (Å²) in [7, 11) is 0. The van der Waals surface area contributed by atoms with Crippen LogP contribution >= 0.6 is 0 Å². The maximum atomic E-state index is 13.3. The van der Waals surface area contributed by atoms with Gasteiger partial charge in [-0.2, -0.15) is 0 Å². The lowest BCUT2D eigenvalue weighted by Gasteiger charge is -2.24. The molecule has 6 nitrogen and oxygen atoms in total. The quantitative estimate of drug-likeness (QED) is 0.228. The fourth-order valence-corrected chi connectivity index (χ4v) is 5.43. The van der Waals surface area contributed by atoms with E-state index in [4.69, 9.17) is 0 Å². The van der Waals surface area contributed by atoms with E-state index < -0.39 is 0 Å². The Hall–Kier alpha value is -3.93. The third-order valence-corrected chi connectivity index (χ3v) is 7.24. The van der Waals surface area contributed by atoms with E-state index in [1.807, 2.05) is 54.6 Å². The van der Waals surface area contributed by atoms with Crippen molar-refractivity contribution in [3.8, 4) is 0 Å². The Morgan fingerprint density at radius 3 is 2.36 bits per heavy atom. The molecule has 6 heteroatoms. The Balaban J connectivity index is 1.56. The minimum atomic E-state index is -0.356. The zero-order valence-electron chi connectivity index (χ0n) is 20.3. The highest BCUT2D eigenvalue weighted by Gasteiger charge is 2.25. The van der Waals surface area contributed by atoms with Gasteiger partial charge >= 0.3 is 0 Å². The van der Waals surface area contributed by atoms with Gasteiger partial charge in [-0.3, -0.25) is 14.9 Å². The molecular formula is C30H31N3O3. The molecule has 1 atom stereocenters. The molecule has 1 fully saturated rings. The van der Waals surface area contributed by atoms with Gasteiger partial charge in [0.25, 0.3) is 5.69 Å². The minimum absolute atomic E-state index is 0.0325. The summed E-state index contributed by atoms with van der Waals surface area (Å²) in [5.74, 6) is -0.179. The normalized spacial score (nSPS) is 15.0. The average Bonchev–Trinajstić information content (AvgIpc) is 3.26. The molecule has 1 aliphatic carbocycles. The van der Waals surface area contributed by atoms with Gasteiger partial charge in [0.05, 0.1) is 4.92 Å². The largest absolute Gasteiger partial charge is 0.353 e. The maximum Gasteiger partial charge on any atom is 0.270 e. The smallest absolute Gasteiger partial charge is 0.270 e. The van der Waals surface area contributed by atoms with E-state index >= 15 is 0 Å². The third kappa shape index (κ3) is 5.33. The van der Waals surface area contributed by atoms with Crippen LogP contribution in [0.3, 0.4) is 0 Å². The van der Waals surface area contributed by atoms with Crippen molar-refractivity contribution >= 4 is 22.5 Å². The molecule has 4 aromatic rings. The van der Waals surface area contributed by atoms with E-state index in [0.29, 0.717) is 13.0 Å². The molecule has 36 heavy (non-hydrogen) atoms. The van der Waals surface area contributed by atoms with Crippen LogP contribution in [-0.2, 0) is 11.3 Å². The number of nitro groups is 1. The van der Waals surface area contributed by atoms with Crippen molar-refractivity contribution in [2.75, 3.05) is 0 Å². The van der Waals surface area contributed by atoms with E-state index in [-0.39, 0.29) is 28.5 Å². The summed E-state index contributed by atoms with van der Waals surface area (Å²) in [5, 5.41) is 15.7. The number of benzene rings is 3. The van der Waals surface area contributed by atoms with Crippen molar-refractivity contribution in [2.24, 2.45) is 0 Å². The number of rotatable bonds is 8. The molecule has 3 aromatic carbocycles. The van der Waals surface area contributed by atoms with E-state index in [1.54, 1.807) is 12.1 Å². The predicted octanol–water partition coefficient (Wildman–Crippen LogP) is 6.57. The SMILES string of the molecule is O=C(C[C@@H](c1ccccc1)c1cn(Cc2ccccc2)c2ccc([N+](=O)[O-])cc12)NC1CCCCC1. The minimum Gasteiger partial charge on any atom is -0.353 e. The van der Waals surface area contributed by atoms with Gasteiger partial charge in [-0.1, -0.05) is 79.9 Å². The van der Waals surface area contributed by atoms with E-state index in [9.17, 15) is 14.9 Å². The summed E-state index contributed by atoms with van der Waals surface area (Å²) in [5.41, 5.74) is 4.09. The lowest BCUT2D eigenvalue weighted by molar-refractivity contribution is -0.384. The van der Waals surface area contributed by atoms with Crippen molar-refractivity contribution in [2.45, 2.75) is 57.0 Å². The van der Waals surface area contributed by atoms with E-state index in [2.05, 4.69) is 28.2 Å². The van der Waals surface area contributed by atoms with Gasteiger partial charge in [-0.15, -0.1) is 0 Å². The lowest BCUT2D eigenvalue weighted by Crippen LogP contribution is -2.36. The second-order valence-corrected chi connectivity index (χ2v) is 9.73. The fourth-order valence-electron chi connectivity index (χ4n) is 5.43. The van der Waals surface area contributed by atoms with Gasteiger partial charge in [0.1, 0.15) is 0 Å². The molecule has 0 unspecified atom stereocenters. The first-order chi connectivity index (χ1) is 17.6. The average molecular weight is 482 g/mol. The molecule has 184 valence electrons. The summed E-state index contributed by atoms with van der Waals surface area (Å²) in [4.78, 5) is 24.5. The van der Waals surface area contributed by atoms with Crippen LogP contribution < -0.4 is 5.32 Å². The number of non-ortho nitro benzene ring substituents is 1. The Bertz CT molecular complexity index is 1340. The highest BCUT2D eigenvalue weighted by molar-refractivity contribution is 5.88. The number of carbonyl (C=O) groups is 1. The topological polar surface area (TPSA) is 77.2 Å². The first-order valence-corrected chi connectivity index (χ1v) is 12.7. The Kier molecular flexibility index (Phi) is 7.12. The molecule has 1 heterocycles. The molecular weight excluding hydrogens is 450 g/mol. The van der Waals surface area contributed by atoms with Crippen LogP contribution in [0.15, 0.2) is 85.1 Å². The van der Waals surface area contributed by atoms with Crippen molar-refractivity contribution < 1.29 is 9.72 Å². The van der Waals surface area contributed by atoms with Crippen LogP contribution in [0.1, 0.15) is 61.1 Å². The summed E-state index contributed by atoms with van der Waals surface area (Å²) >= 11 is 0. The molecule has 1 saturated carbocycles. The first-order valence-electron chi connectivity index (χ1n) is 12.7. The van der Waals surface area contributed by atoms with Gasteiger partial charge < -0.3 is 9.88 Å². The molecule has 1 aliphatic rings. The zero-order valence-corrected chi connectivity index (χ0v) is 20.3. The van der Waals surface area contributed by atoms with Gasteiger partial charge in [-0.05, 0) is 35.6 Å². The van der Waals surface area contributed by atoms with Crippen LogP contribution in [0, 0.1) is 10.1 Å². The number of fused-ring (bicyclic) bond motifs is 1. The third-order valence-electron chi connectivity index (χ3n) is 7.24. The zero-order chi connectivity index (χ0) is 24.9. The van der Waals surface area contributed by atoms with Crippen LogP contribution in [0.5, 0.6) is 0 Å². The number of nitrogens with one attached hydrogen (secondary N) is 1. The number of hydrogen-bond donors (Lipinski definition) is 1. The molecule has 0 radical (unpaired) electrons. The number of aromatic nitrogens is 1. The standard InChI is InChI=1S/C30H31N3O3/c34-30(31-24-14-8-3-9-15-24)19-26(23-12-6-2-7-13-23)28-21-32(20-22-10-4-1-5-11-22)29-17-16-25(33(35)36)18-27(28)29/h1-2,4-7,10-13,16-18,21,24,26H,3,8-9,14-15,19-20H2,(H,31,34)/t26-/m0/s1. The Morgan fingerprint density at radius 2 is 1.67 bits per heavy atom. The number of nitro benzene ring substituents is 1. The number of carbonyl (C=O) groups excluding carboxylic acids is 1. The second-order valence-electron chi connectivity index (χ2n) is 9.73. The van der Waals surface area contributed by atoms with E-state index in [0.717, 1.165) is 53.3 Å². The predicted molar refractivity (Wildman–Crippen MR) is 142 cm³/mol. The summed E-state index contributed by atoms with van der Waals surface area (Å²) < 4.78 is 2.14. The highest BCUT2D eigenvalue weighted by atomic mass is 16.6. The van der Waals surface area contributed by atoms with Crippen LogP contribution in [0.25, 0.3) is 10.9 Å². The van der Waals surface area contributed by atoms with Crippen molar-refractivity contribution in [3.63, 3.8) is 0 Å². The monoisotopic (exact) mass is 481 g/mol. The maximum absolute atomic E-state index is 13.3. The van der Waals surface area contributed by atoms with Gasteiger partial charge in [0.15, 0.2) is 0 Å². The first kappa shape index (κ1) is 23.8. The van der Waals surface area contributed by atoms with Crippen molar-refractivity contribution in [3.05, 3.63) is 112 Å². The van der Waals surface area contributed by atoms with Crippen LogP contribution in [0.4, 0.5) is 5.69 Å². The van der Waals surface area contributed by atoms with Crippen LogP contribution in [-0.4, -0.2) is 21.4 Å². The summed E-state index contributed by atoms with van der Waals surface area (Å²) in [6.07, 6.45) is 7.99. The number of nitrogens with zero attached hydrogens (tertiary/aromatic N) is 2. The molecule has 1 N–H and O–H groups in total.